The zero-order valence-electron chi connectivity index (χ0n) is 20.4. The second kappa shape index (κ2) is 12.1. The van der Waals surface area contributed by atoms with Gasteiger partial charge >= 0.3 is 12.1 Å². The van der Waals surface area contributed by atoms with Crippen LogP contribution in [-0.2, 0) is 28.5 Å². The molecule has 4 rings (SSSR count). The van der Waals surface area contributed by atoms with E-state index in [2.05, 4.69) is 22.8 Å². The highest BCUT2D eigenvalue weighted by molar-refractivity contribution is 6.39. The Bertz CT molecular complexity index is 1170. The van der Waals surface area contributed by atoms with E-state index in [1.54, 1.807) is 0 Å². The van der Waals surface area contributed by atoms with Crippen molar-refractivity contribution in [2.75, 3.05) is 18.5 Å². The lowest BCUT2D eigenvalue weighted by atomic mass is 9.79. The molecule has 0 unspecified atom stereocenters. The van der Waals surface area contributed by atoms with E-state index >= 15 is 0 Å². The summed E-state index contributed by atoms with van der Waals surface area (Å²) in [6, 6.07) is 4.06. The third kappa shape index (κ3) is 7.09. The first-order valence-electron chi connectivity index (χ1n) is 12.5. The number of aryl methyl sites for hydroxylation is 2. The summed E-state index contributed by atoms with van der Waals surface area (Å²) in [4.78, 5) is 28.9. The number of carboxylic acid groups (broad SMARTS) is 1. The fourth-order valence-corrected chi connectivity index (χ4v) is 5.36. The van der Waals surface area contributed by atoms with Gasteiger partial charge in [0.25, 0.3) is 5.91 Å². The monoisotopic (exact) mass is 573 g/mol. The molecule has 3 N–H and O–H groups in total. The number of ether oxygens (including phenoxy) is 1. The van der Waals surface area contributed by atoms with Crippen molar-refractivity contribution < 1.29 is 32.6 Å². The van der Waals surface area contributed by atoms with E-state index in [1.807, 2.05) is 0 Å². The number of aromatic nitrogens is 1. The highest BCUT2D eigenvalue weighted by Gasteiger charge is 2.34. The number of fused-ring (bicyclic) bond motifs is 1. The Labute approximate surface area is 228 Å². The van der Waals surface area contributed by atoms with Gasteiger partial charge in [0.05, 0.1) is 27.3 Å². The highest BCUT2D eigenvalue weighted by atomic mass is 35.5. The first-order valence-corrected chi connectivity index (χ1v) is 13.2. The topological polar surface area (TPSA) is 101 Å². The molecule has 0 saturated heterocycles. The molecule has 206 valence electrons. The Morgan fingerprint density at radius 2 is 1.92 bits per heavy atom. The van der Waals surface area contributed by atoms with Crippen molar-refractivity contribution in [1.29, 1.82) is 0 Å². The van der Waals surface area contributed by atoms with Crippen LogP contribution in [0.25, 0.3) is 0 Å². The van der Waals surface area contributed by atoms with Gasteiger partial charge in [-0.3, -0.25) is 4.79 Å². The number of halogens is 5. The molecule has 2 aliphatic rings. The van der Waals surface area contributed by atoms with E-state index in [4.69, 9.17) is 32.9 Å². The summed E-state index contributed by atoms with van der Waals surface area (Å²) >= 11 is 11.7. The van der Waals surface area contributed by atoms with Crippen LogP contribution in [0.1, 0.15) is 59.3 Å². The maximum Gasteiger partial charge on any atom is 0.416 e. The maximum absolute atomic E-state index is 12.9. The van der Waals surface area contributed by atoms with Crippen LogP contribution >= 0.6 is 23.2 Å². The van der Waals surface area contributed by atoms with Crippen molar-refractivity contribution in [3.8, 4) is 0 Å². The van der Waals surface area contributed by atoms with Crippen LogP contribution in [0.5, 0.6) is 0 Å². The maximum atomic E-state index is 12.9. The fourth-order valence-electron chi connectivity index (χ4n) is 4.70. The molecule has 1 saturated carbocycles. The van der Waals surface area contributed by atoms with E-state index in [1.165, 1.54) is 5.56 Å². The van der Waals surface area contributed by atoms with Gasteiger partial charge in [0.1, 0.15) is 11.9 Å². The van der Waals surface area contributed by atoms with Gasteiger partial charge < -0.3 is 20.5 Å². The molecule has 2 aromatic rings. The molecule has 1 aliphatic carbocycles. The summed E-state index contributed by atoms with van der Waals surface area (Å²) in [6.07, 6.45) is 1.08. The molecule has 1 aliphatic heterocycles. The molecule has 2 heterocycles. The van der Waals surface area contributed by atoms with Crippen LogP contribution in [-0.4, -0.2) is 47.3 Å². The number of carboxylic acids is 1. The summed E-state index contributed by atoms with van der Waals surface area (Å²) in [5, 5.41) is 14.1. The summed E-state index contributed by atoms with van der Waals surface area (Å²) in [6.45, 7) is 1.05. The normalized spacial score (nSPS) is 19.6. The minimum atomic E-state index is -4.70. The Kier molecular flexibility index (Phi) is 9.05. The average Bonchev–Trinajstić information content (AvgIpc) is 2.82. The van der Waals surface area contributed by atoms with Crippen LogP contribution in [0.2, 0.25) is 10.0 Å². The number of hydrogen-bond donors (Lipinski definition) is 3. The summed E-state index contributed by atoms with van der Waals surface area (Å²) in [7, 11) is 0. The van der Waals surface area contributed by atoms with Crippen LogP contribution in [0.15, 0.2) is 24.3 Å². The van der Waals surface area contributed by atoms with Crippen molar-refractivity contribution in [2.24, 2.45) is 5.92 Å². The number of benzene rings is 1. The molecule has 7 nitrogen and oxygen atoms in total. The highest BCUT2D eigenvalue weighted by Crippen LogP contribution is 2.36. The molecule has 0 spiro atoms. The van der Waals surface area contributed by atoms with Crippen molar-refractivity contribution in [2.45, 2.75) is 63.3 Å². The summed E-state index contributed by atoms with van der Waals surface area (Å²) in [5.74, 6) is -0.785. The number of nitrogens with zero attached hydrogens (tertiary/aromatic N) is 1. The van der Waals surface area contributed by atoms with E-state index in [0.29, 0.717) is 18.1 Å². The first-order chi connectivity index (χ1) is 18.0. The molecular weight excluding hydrogens is 546 g/mol. The van der Waals surface area contributed by atoms with Gasteiger partial charge in [-0.05, 0) is 68.2 Å². The number of alkyl halides is 3. The number of aliphatic carboxylic acids is 1. The minimum Gasteiger partial charge on any atom is -0.480 e. The zero-order chi connectivity index (χ0) is 27.4. The Morgan fingerprint density at radius 1 is 1.21 bits per heavy atom. The largest absolute Gasteiger partial charge is 0.480 e. The predicted octanol–water partition coefficient (Wildman–Crippen LogP) is 5.77. The van der Waals surface area contributed by atoms with Crippen molar-refractivity contribution in [3.63, 3.8) is 0 Å². The molecular formula is C26H28Cl2F3N3O4. The van der Waals surface area contributed by atoms with Gasteiger partial charge in [0, 0.05) is 25.3 Å². The van der Waals surface area contributed by atoms with E-state index < -0.39 is 45.3 Å². The second-order valence-corrected chi connectivity index (χ2v) is 10.5. The second-order valence-electron chi connectivity index (χ2n) is 9.68. The molecule has 1 aromatic carbocycles. The smallest absolute Gasteiger partial charge is 0.416 e. The summed E-state index contributed by atoms with van der Waals surface area (Å²) < 4.78 is 44.5. The summed E-state index contributed by atoms with van der Waals surface area (Å²) in [5.41, 5.74) is 0.802. The van der Waals surface area contributed by atoms with Crippen molar-refractivity contribution >= 4 is 40.9 Å². The Morgan fingerprint density at radius 3 is 2.58 bits per heavy atom. The average molecular weight is 574 g/mol. The van der Waals surface area contributed by atoms with Crippen molar-refractivity contribution in [3.05, 3.63) is 56.7 Å². The molecule has 1 atom stereocenters. The third-order valence-corrected chi connectivity index (χ3v) is 7.51. The van der Waals surface area contributed by atoms with Gasteiger partial charge in [-0.2, -0.15) is 13.2 Å². The Balaban J connectivity index is 1.20. The molecule has 1 fully saturated rings. The Hall–Kier alpha value is -2.56. The van der Waals surface area contributed by atoms with Gasteiger partial charge in [0.2, 0.25) is 0 Å². The minimum absolute atomic E-state index is 0.0158. The van der Waals surface area contributed by atoms with Crippen LogP contribution in [0, 0.1) is 5.92 Å². The van der Waals surface area contributed by atoms with Crippen molar-refractivity contribution in [1.82, 2.24) is 10.3 Å². The number of amides is 1. The standard InChI is InChI=1S/C26H28Cl2F3N3O4/c27-19-12-16(26(29,30)31)13-20(28)22(19)24(35)34-21(25(36)37)7-9-38-18-10-14(11-18)3-5-17-6-4-15-2-1-8-32-23(15)33-17/h4,6,12-14,18,21H,1-3,5,7-11H2,(H,32,33)(H,34,35)(H,36,37)/t14?,18?,21-/m0/s1. The van der Waals surface area contributed by atoms with E-state index in [-0.39, 0.29) is 19.1 Å². The number of rotatable bonds is 10. The molecule has 0 bridgehead atoms. The SMILES string of the molecule is O=C(N[C@@H](CCOC1CC(CCc2ccc3c(n2)NCCC3)C1)C(=O)O)c1c(Cl)cc(C(F)(F)F)cc1Cl. The molecule has 38 heavy (non-hydrogen) atoms. The number of pyridine rings is 1. The number of carbonyl (C=O) groups is 2. The lowest BCUT2D eigenvalue weighted by Gasteiger charge is -2.35. The zero-order valence-corrected chi connectivity index (χ0v) is 21.9. The molecule has 12 heteroatoms. The van der Waals surface area contributed by atoms with E-state index in [0.717, 1.165) is 56.6 Å². The van der Waals surface area contributed by atoms with Crippen LogP contribution in [0.3, 0.4) is 0 Å². The van der Waals surface area contributed by atoms with Gasteiger partial charge in [-0.15, -0.1) is 0 Å². The number of hydrogen-bond acceptors (Lipinski definition) is 5. The van der Waals surface area contributed by atoms with Gasteiger partial charge in [-0.25, -0.2) is 9.78 Å². The third-order valence-electron chi connectivity index (χ3n) is 6.91. The molecule has 1 aromatic heterocycles. The number of nitrogens with one attached hydrogen (secondary N) is 2. The van der Waals surface area contributed by atoms with Crippen LogP contribution < -0.4 is 10.6 Å². The lowest BCUT2D eigenvalue weighted by Crippen LogP contribution is -2.42. The van der Waals surface area contributed by atoms with Gasteiger partial charge in [0.15, 0.2) is 0 Å². The first kappa shape index (κ1) is 28.4. The molecule has 0 radical (unpaired) electrons. The van der Waals surface area contributed by atoms with Gasteiger partial charge in [-0.1, -0.05) is 29.3 Å². The lowest BCUT2D eigenvalue weighted by molar-refractivity contribution is -0.140. The van der Waals surface area contributed by atoms with Crippen LogP contribution in [0.4, 0.5) is 19.0 Å². The quantitative estimate of drug-likeness (QED) is 0.334. The van der Waals surface area contributed by atoms with E-state index in [9.17, 15) is 27.9 Å². The number of anilines is 1. The molecule has 1 amide bonds. The fraction of sp³-hybridized carbons (Fsp3) is 0.500. The number of carbonyl (C=O) groups excluding carboxylic acids is 1. The predicted molar refractivity (Wildman–Crippen MR) is 137 cm³/mol.